The summed E-state index contributed by atoms with van der Waals surface area (Å²) in [5, 5.41) is 149. The molecule has 27 unspecified atom stereocenters. The van der Waals surface area contributed by atoms with Crippen LogP contribution in [0.25, 0.3) is 0 Å². The van der Waals surface area contributed by atoms with Crippen LogP contribution in [0.2, 0.25) is 0 Å². The molecule has 0 radical (unpaired) electrons. The molecule has 3 aliphatic carbocycles. The van der Waals surface area contributed by atoms with Crippen molar-refractivity contribution >= 4 is 5.97 Å². The molecule has 4 saturated heterocycles. The molecular weight excluding hydrogens is 900 g/mol. The molecule has 0 amide bonds. The number of methoxy groups -OCH3 is 1. The lowest BCUT2D eigenvalue weighted by atomic mass is 9.72. The van der Waals surface area contributed by atoms with E-state index in [0.29, 0.717) is 32.1 Å². The van der Waals surface area contributed by atoms with Gasteiger partial charge in [0.1, 0.15) is 86.0 Å². The number of fused-ring (bicyclic) bond motifs is 1. The third kappa shape index (κ3) is 12.0. The molecule has 15 N–H and O–H groups in total. The summed E-state index contributed by atoms with van der Waals surface area (Å²) in [4.78, 5) is 12.9. The van der Waals surface area contributed by atoms with Gasteiger partial charge < -0.3 is 114 Å². The molecule has 7 fully saturated rings. The summed E-state index contributed by atoms with van der Waals surface area (Å²) in [6.07, 6.45) is -27.9. The van der Waals surface area contributed by atoms with Gasteiger partial charge in [-0.25, -0.2) is 4.79 Å². The van der Waals surface area contributed by atoms with E-state index < -0.39 is 179 Å². The minimum absolute atomic E-state index is 0.00329. The second-order valence-corrected chi connectivity index (χ2v) is 19.2. The van der Waals surface area contributed by atoms with Crippen molar-refractivity contribution in [1.29, 1.82) is 0 Å². The number of hydrogen-bond donors (Lipinski definition) is 14. The summed E-state index contributed by atoms with van der Waals surface area (Å²) in [6.45, 7) is -2.15. The average Bonchev–Trinajstić information content (AvgIpc) is 3.31. The summed E-state index contributed by atoms with van der Waals surface area (Å²) in [5.74, 6) is -2.00. The molecule has 3 saturated carbocycles. The number of hydrogen-bond acceptors (Lipinski definition) is 23. The number of rotatable bonds is 14. The first-order valence-corrected chi connectivity index (χ1v) is 23.3. The van der Waals surface area contributed by atoms with Crippen molar-refractivity contribution in [3.63, 3.8) is 0 Å². The van der Waals surface area contributed by atoms with Crippen molar-refractivity contribution in [3.05, 3.63) is 12.2 Å². The fraction of sp³-hybridized carbons (Fsp3) is 0.930. The lowest BCUT2D eigenvalue weighted by Crippen LogP contribution is -2.66. The van der Waals surface area contributed by atoms with E-state index in [0.717, 1.165) is 6.08 Å². The van der Waals surface area contributed by atoms with Crippen LogP contribution >= 0.6 is 0 Å². The van der Waals surface area contributed by atoms with Gasteiger partial charge in [0.2, 0.25) is 0 Å². The van der Waals surface area contributed by atoms with Gasteiger partial charge >= 0.3 is 5.97 Å². The monoisotopic (exact) mass is 971 g/mol. The van der Waals surface area contributed by atoms with Gasteiger partial charge in [-0.05, 0) is 50.9 Å². The van der Waals surface area contributed by atoms with Crippen LogP contribution in [0.1, 0.15) is 57.8 Å². The van der Waals surface area contributed by atoms with Gasteiger partial charge in [0, 0.05) is 31.9 Å². The van der Waals surface area contributed by atoms with E-state index in [1.165, 1.54) is 13.2 Å². The van der Waals surface area contributed by atoms with Crippen molar-refractivity contribution in [2.45, 2.75) is 205 Å². The second-order valence-electron chi connectivity index (χ2n) is 19.2. The first kappa shape index (κ1) is 53.1. The Morgan fingerprint density at radius 1 is 0.582 bits per heavy atom. The molecule has 0 aromatic heterocycles. The third-order valence-corrected chi connectivity index (χ3v) is 14.8. The molecule has 7 rings (SSSR count). The van der Waals surface area contributed by atoms with Crippen LogP contribution in [-0.2, 0) is 42.7 Å². The van der Waals surface area contributed by atoms with Gasteiger partial charge in [0.25, 0.3) is 0 Å². The highest BCUT2D eigenvalue weighted by Crippen LogP contribution is 2.44. The quantitative estimate of drug-likeness (QED) is 0.0437. The average molecular weight is 972 g/mol. The Hall–Kier alpha value is -1.67. The standard InChI is InChI=1S/C43H70O24/c1-59-25-9-17(4-6-21(25)48)39-26(12-19-23(61-39)10-18(46)11-24(19)62-41-37(57)34(54)31(51)27(13-44)64-41)63-43-40(67-42-38(58)35(55)32(52)28(14-45)65-42)36(56)33(53)29(66-43)15-60-30(50)7-3-16-2-5-20(47)22(49)8-16/h3,7,16-29,31-49,51-58H,2,4-6,8-15H2,1H3/p+1. The van der Waals surface area contributed by atoms with Crippen molar-refractivity contribution < 1.29 is 119 Å². The van der Waals surface area contributed by atoms with E-state index in [1.54, 1.807) is 0 Å². The maximum Gasteiger partial charge on any atom is 0.330 e. The Labute approximate surface area is 386 Å². The van der Waals surface area contributed by atoms with Gasteiger partial charge in [-0.3, -0.25) is 0 Å². The molecule has 27 atom stereocenters. The van der Waals surface area contributed by atoms with Gasteiger partial charge in [0.05, 0.1) is 55.8 Å². The Kier molecular flexibility index (Phi) is 18.4. The van der Waals surface area contributed by atoms with Crippen LogP contribution in [0.3, 0.4) is 0 Å². The number of esters is 1. The Morgan fingerprint density at radius 2 is 1.18 bits per heavy atom. The number of aliphatic hydroxyl groups excluding tert-OH is 14. The molecule has 0 aromatic rings. The minimum Gasteiger partial charge on any atom is -0.460 e. The van der Waals surface area contributed by atoms with Crippen LogP contribution in [0, 0.1) is 17.8 Å². The fourth-order valence-corrected chi connectivity index (χ4v) is 10.8. The zero-order valence-corrected chi connectivity index (χ0v) is 37.1. The van der Waals surface area contributed by atoms with E-state index in [-0.39, 0.29) is 37.5 Å². The molecule has 0 spiro atoms. The zero-order valence-electron chi connectivity index (χ0n) is 37.1. The summed E-state index contributed by atoms with van der Waals surface area (Å²) >= 11 is 0. The molecule has 24 heteroatoms. The van der Waals surface area contributed by atoms with E-state index in [9.17, 15) is 76.3 Å². The summed E-state index contributed by atoms with van der Waals surface area (Å²) in [7, 11) is 1.47. The Balaban J connectivity index is 1.16. The SMILES string of the molecule is COC1CC(C2[OH+]C3CC(O)CC(OC4OC(CO)C(O)C(O)C4O)C3CC2OC2OC(COC(=O)C=CC3CCC(O)C(O)C3)C(O)C(O)C2OC2OC(CO)C(O)C(O)C2O)CCC1O. The molecule has 24 nitrogen and oxygen atoms in total. The molecule has 0 bridgehead atoms. The van der Waals surface area contributed by atoms with Crippen molar-refractivity contribution in [3.8, 4) is 0 Å². The van der Waals surface area contributed by atoms with Crippen LogP contribution in [0.5, 0.6) is 0 Å². The smallest absolute Gasteiger partial charge is 0.330 e. The topological polar surface area (TPSA) is 387 Å². The van der Waals surface area contributed by atoms with Crippen LogP contribution in [0.15, 0.2) is 12.2 Å². The maximum absolute atomic E-state index is 12.9. The molecular formula is C43H71O24+. The predicted molar refractivity (Wildman–Crippen MR) is 220 cm³/mol. The summed E-state index contributed by atoms with van der Waals surface area (Å²) in [5.41, 5.74) is 0. The van der Waals surface area contributed by atoms with E-state index in [1.807, 2.05) is 0 Å². The highest BCUT2D eigenvalue weighted by Gasteiger charge is 2.58. The number of allylic oxidation sites excluding steroid dienone is 1. The molecule has 67 heavy (non-hydrogen) atoms. The summed E-state index contributed by atoms with van der Waals surface area (Å²) < 4.78 is 52.8. The molecule has 4 heterocycles. The normalized spacial score (nSPS) is 51.0. The highest BCUT2D eigenvalue weighted by atomic mass is 16.8. The number of ether oxygens (including phenoxy) is 9. The van der Waals surface area contributed by atoms with Crippen LogP contribution in [0.4, 0.5) is 0 Å². The van der Waals surface area contributed by atoms with Crippen molar-refractivity contribution in [2.75, 3.05) is 26.9 Å². The maximum atomic E-state index is 12.9. The third-order valence-electron chi connectivity index (χ3n) is 14.8. The lowest BCUT2D eigenvalue weighted by molar-refractivity contribution is -0.390. The first-order valence-electron chi connectivity index (χ1n) is 23.3. The van der Waals surface area contributed by atoms with Crippen LogP contribution < -0.4 is 0 Å². The lowest BCUT2D eigenvalue weighted by Gasteiger charge is -2.51. The van der Waals surface area contributed by atoms with Gasteiger partial charge in [-0.1, -0.05) is 6.08 Å². The highest BCUT2D eigenvalue weighted by molar-refractivity contribution is 5.81. The number of carbonyl (C=O) groups excluding carboxylic acids is 1. The van der Waals surface area contributed by atoms with E-state index in [2.05, 4.69) is 0 Å². The van der Waals surface area contributed by atoms with Crippen molar-refractivity contribution in [2.24, 2.45) is 17.8 Å². The Bertz CT molecular complexity index is 1590. The van der Waals surface area contributed by atoms with Gasteiger partial charge in [-0.15, -0.1) is 0 Å². The Morgan fingerprint density at radius 3 is 1.81 bits per heavy atom. The van der Waals surface area contributed by atoms with Gasteiger partial charge in [0.15, 0.2) is 31.1 Å². The molecule has 386 valence electrons. The zero-order chi connectivity index (χ0) is 48.4. The first-order chi connectivity index (χ1) is 31.9. The molecule has 4 aliphatic heterocycles. The molecule has 0 aromatic carbocycles. The number of carbonyl (C=O) groups is 1. The van der Waals surface area contributed by atoms with Gasteiger partial charge in [-0.2, -0.15) is 0 Å². The second kappa shape index (κ2) is 23.3. The molecule has 7 aliphatic rings. The largest absolute Gasteiger partial charge is 0.460 e. The van der Waals surface area contributed by atoms with Crippen LogP contribution in [-0.4, -0.2) is 256 Å². The minimum atomic E-state index is -1.95. The fourth-order valence-electron chi connectivity index (χ4n) is 10.8. The van der Waals surface area contributed by atoms with E-state index in [4.69, 9.17) is 42.6 Å². The number of aliphatic hydroxyl groups is 16. The summed E-state index contributed by atoms with van der Waals surface area (Å²) in [6, 6.07) is 0. The van der Waals surface area contributed by atoms with Crippen molar-refractivity contribution in [1.82, 2.24) is 0 Å². The predicted octanol–water partition coefficient (Wildman–Crippen LogP) is -6.57. The van der Waals surface area contributed by atoms with E-state index >= 15 is 0 Å².